The lowest BCUT2D eigenvalue weighted by atomic mass is 10.1. The molecule has 1 aromatic carbocycles. The molecule has 0 atom stereocenters. The molecule has 0 unspecified atom stereocenters. The summed E-state index contributed by atoms with van der Waals surface area (Å²) < 4.78 is 2.22. The van der Waals surface area contributed by atoms with E-state index in [9.17, 15) is 0 Å². The van der Waals surface area contributed by atoms with Gasteiger partial charge >= 0.3 is 0 Å². The van der Waals surface area contributed by atoms with Crippen molar-refractivity contribution >= 4 is 0 Å². The molecule has 0 radical (unpaired) electrons. The number of rotatable bonds is 0. The van der Waals surface area contributed by atoms with Gasteiger partial charge in [-0.3, -0.25) is 0 Å². The second kappa shape index (κ2) is 5.02. The van der Waals surface area contributed by atoms with Crippen molar-refractivity contribution in [2.45, 2.75) is 25.9 Å². The first-order valence-corrected chi connectivity index (χ1v) is 7.08. The van der Waals surface area contributed by atoms with Gasteiger partial charge in [0.2, 0.25) is 0 Å². The molecule has 0 saturated carbocycles. The van der Waals surface area contributed by atoms with E-state index in [1.165, 1.54) is 37.1 Å². The first-order valence-electron chi connectivity index (χ1n) is 7.08. The summed E-state index contributed by atoms with van der Waals surface area (Å²) in [6.07, 6.45) is 2.68. The molecule has 0 N–H and O–H groups in total. The van der Waals surface area contributed by atoms with Gasteiger partial charge in [-0.15, -0.1) is 0 Å². The van der Waals surface area contributed by atoms with Crippen LogP contribution in [0.15, 0.2) is 24.3 Å². The van der Waals surface area contributed by atoms with Gasteiger partial charge in [-0.25, -0.2) is 0 Å². The molecular formula is C16H28N2+2. The molecule has 0 saturated heterocycles. The number of hydrogen-bond donors (Lipinski definition) is 0. The lowest BCUT2D eigenvalue weighted by Crippen LogP contribution is -2.41. The second-order valence-corrected chi connectivity index (χ2v) is 7.16. The highest BCUT2D eigenvalue weighted by atomic mass is 15.3. The number of fused-ring (bicyclic) bond motifs is 2. The Bertz CT molecular complexity index is 372. The van der Waals surface area contributed by atoms with Gasteiger partial charge in [0.25, 0.3) is 0 Å². The third-order valence-corrected chi connectivity index (χ3v) is 3.99. The third-order valence-electron chi connectivity index (χ3n) is 3.99. The number of benzene rings is 1. The first-order chi connectivity index (χ1) is 8.36. The largest absolute Gasteiger partial charge is 0.325 e. The second-order valence-electron chi connectivity index (χ2n) is 7.16. The lowest BCUT2D eigenvalue weighted by Gasteiger charge is -2.31. The van der Waals surface area contributed by atoms with Crippen molar-refractivity contribution in [3.63, 3.8) is 0 Å². The summed E-state index contributed by atoms with van der Waals surface area (Å²) >= 11 is 0. The van der Waals surface area contributed by atoms with Gasteiger partial charge in [0, 0.05) is 24.0 Å². The predicted molar refractivity (Wildman–Crippen MR) is 77.0 cm³/mol. The third kappa shape index (κ3) is 3.82. The summed E-state index contributed by atoms with van der Waals surface area (Å²) in [7, 11) is 9.41. The van der Waals surface area contributed by atoms with Gasteiger partial charge in [-0.05, 0) is 6.07 Å². The fourth-order valence-corrected chi connectivity index (χ4v) is 3.05. The maximum atomic E-state index is 2.41. The van der Waals surface area contributed by atoms with E-state index in [-0.39, 0.29) is 0 Å². The van der Waals surface area contributed by atoms with Crippen molar-refractivity contribution in [1.29, 1.82) is 0 Å². The molecule has 1 aliphatic rings. The van der Waals surface area contributed by atoms with E-state index in [2.05, 4.69) is 52.5 Å². The monoisotopic (exact) mass is 248 g/mol. The molecule has 2 bridgehead atoms. The van der Waals surface area contributed by atoms with Gasteiger partial charge in [0.1, 0.15) is 13.1 Å². The normalized spacial score (nSPS) is 23.1. The summed E-state index contributed by atoms with van der Waals surface area (Å²) in [6, 6.07) is 9.19. The Morgan fingerprint density at radius 2 is 1.22 bits per heavy atom. The highest BCUT2D eigenvalue weighted by Crippen LogP contribution is 2.18. The maximum Gasteiger partial charge on any atom is 0.104 e. The van der Waals surface area contributed by atoms with Crippen molar-refractivity contribution in [1.82, 2.24) is 0 Å². The molecule has 0 amide bonds. The fourth-order valence-electron chi connectivity index (χ4n) is 3.05. The summed E-state index contributed by atoms with van der Waals surface area (Å²) in [4.78, 5) is 0. The van der Waals surface area contributed by atoms with Gasteiger partial charge in [0.05, 0.1) is 41.3 Å². The Hall–Kier alpha value is -0.860. The minimum absolute atomic E-state index is 1.11. The van der Waals surface area contributed by atoms with Crippen LogP contribution >= 0.6 is 0 Å². The van der Waals surface area contributed by atoms with Crippen LogP contribution < -0.4 is 0 Å². The average molecular weight is 248 g/mol. The van der Waals surface area contributed by atoms with Gasteiger partial charge in [-0.1, -0.05) is 18.2 Å². The smallest absolute Gasteiger partial charge is 0.104 e. The van der Waals surface area contributed by atoms with Crippen molar-refractivity contribution in [3.05, 3.63) is 35.4 Å². The van der Waals surface area contributed by atoms with Crippen LogP contribution in [0.1, 0.15) is 24.0 Å². The molecule has 1 aliphatic heterocycles. The van der Waals surface area contributed by atoms with Gasteiger partial charge < -0.3 is 8.97 Å². The molecule has 2 rings (SSSR count). The molecular weight excluding hydrogens is 220 g/mol. The molecule has 1 aromatic rings. The van der Waals surface area contributed by atoms with E-state index in [1.54, 1.807) is 0 Å². The highest BCUT2D eigenvalue weighted by molar-refractivity contribution is 5.22. The van der Waals surface area contributed by atoms with Crippen LogP contribution in [-0.2, 0) is 13.1 Å². The molecule has 0 spiro atoms. The summed E-state index contributed by atoms with van der Waals surface area (Å²) in [5, 5.41) is 0. The Labute approximate surface area is 112 Å². The van der Waals surface area contributed by atoms with Crippen LogP contribution in [0.2, 0.25) is 0 Å². The minimum Gasteiger partial charge on any atom is -0.325 e. The van der Waals surface area contributed by atoms with Crippen molar-refractivity contribution in [2.75, 3.05) is 41.3 Å². The van der Waals surface area contributed by atoms with E-state index in [0.717, 1.165) is 22.1 Å². The van der Waals surface area contributed by atoms with Gasteiger partial charge in [-0.2, -0.15) is 0 Å². The standard InChI is InChI=1S/C16H28N2/c1-17(2)10-5-6-11-18(3,4)14-16-9-7-8-15(12-16)13-17/h7-9,12H,5-6,10-11,13-14H2,1-4H3/q+2. The van der Waals surface area contributed by atoms with Crippen LogP contribution in [0.5, 0.6) is 0 Å². The van der Waals surface area contributed by atoms with E-state index in [0.29, 0.717) is 0 Å². The zero-order valence-electron chi connectivity index (χ0n) is 12.4. The summed E-state index contributed by atoms with van der Waals surface area (Å²) in [5.74, 6) is 0. The Balaban J connectivity index is 2.27. The van der Waals surface area contributed by atoms with Crippen LogP contribution in [0, 0.1) is 0 Å². The molecule has 2 heteroatoms. The van der Waals surface area contributed by atoms with Crippen molar-refractivity contribution in [3.8, 4) is 0 Å². The Morgan fingerprint density at radius 1 is 0.778 bits per heavy atom. The zero-order chi connectivity index (χ0) is 13.2. The molecule has 0 aromatic heterocycles. The number of quaternary nitrogens is 2. The molecule has 18 heavy (non-hydrogen) atoms. The van der Waals surface area contributed by atoms with E-state index < -0.39 is 0 Å². The number of nitrogens with zero attached hydrogens (tertiary/aromatic N) is 2. The summed E-state index contributed by atoms with van der Waals surface area (Å²) in [5.41, 5.74) is 2.97. The lowest BCUT2D eigenvalue weighted by molar-refractivity contribution is -0.909. The highest BCUT2D eigenvalue weighted by Gasteiger charge is 2.21. The van der Waals surface area contributed by atoms with E-state index in [1.807, 2.05) is 0 Å². The first kappa shape index (κ1) is 13.6. The topological polar surface area (TPSA) is 0 Å². The molecule has 0 fully saturated rings. The van der Waals surface area contributed by atoms with Crippen LogP contribution in [0.25, 0.3) is 0 Å². The molecule has 1 heterocycles. The van der Waals surface area contributed by atoms with Crippen molar-refractivity contribution in [2.24, 2.45) is 0 Å². The van der Waals surface area contributed by atoms with Crippen LogP contribution in [0.3, 0.4) is 0 Å². The zero-order valence-corrected chi connectivity index (χ0v) is 12.4. The fraction of sp³-hybridized carbons (Fsp3) is 0.625. The van der Waals surface area contributed by atoms with Gasteiger partial charge in [0.15, 0.2) is 0 Å². The van der Waals surface area contributed by atoms with E-state index >= 15 is 0 Å². The average Bonchev–Trinajstić information content (AvgIpc) is 2.24. The Kier molecular flexibility index (Phi) is 3.79. The minimum atomic E-state index is 1.11. The predicted octanol–water partition coefficient (Wildman–Crippen LogP) is 2.63. The maximum absolute atomic E-state index is 2.41. The van der Waals surface area contributed by atoms with Crippen LogP contribution in [-0.4, -0.2) is 50.2 Å². The molecule has 2 nitrogen and oxygen atoms in total. The molecule has 0 aliphatic carbocycles. The number of hydrogen-bond acceptors (Lipinski definition) is 0. The SMILES string of the molecule is C[N+]1(C)CCCC[N+](C)(C)Cc2cccc(c2)C1. The Morgan fingerprint density at radius 3 is 1.67 bits per heavy atom. The quantitative estimate of drug-likeness (QED) is 0.619. The van der Waals surface area contributed by atoms with Crippen LogP contribution in [0.4, 0.5) is 0 Å². The molecule has 100 valence electrons. The summed E-state index contributed by atoms with van der Waals surface area (Å²) in [6.45, 7) is 4.87. The van der Waals surface area contributed by atoms with Crippen molar-refractivity contribution < 1.29 is 8.97 Å². The van der Waals surface area contributed by atoms with E-state index in [4.69, 9.17) is 0 Å².